The predicted octanol–water partition coefficient (Wildman–Crippen LogP) is 3.00. The Labute approximate surface area is 150 Å². The normalized spacial score (nSPS) is 17.0. The van der Waals surface area contributed by atoms with Crippen LogP contribution in [0.5, 0.6) is 0 Å². The van der Waals surface area contributed by atoms with Crippen molar-refractivity contribution < 1.29 is 14.4 Å². The van der Waals surface area contributed by atoms with E-state index in [0.717, 1.165) is 11.3 Å². The number of aryl methyl sites for hydroxylation is 1. The first kappa shape index (κ1) is 17.2. The molecule has 6 heteroatoms. The Morgan fingerprint density at radius 2 is 1.80 bits per heavy atom. The molecule has 5 nitrogen and oxygen atoms in total. The van der Waals surface area contributed by atoms with E-state index in [0.29, 0.717) is 5.69 Å². The van der Waals surface area contributed by atoms with Crippen molar-refractivity contribution in [3.63, 3.8) is 0 Å². The highest BCUT2D eigenvalue weighted by Gasteiger charge is 2.39. The molecule has 2 aromatic rings. The third-order valence-corrected chi connectivity index (χ3v) is 5.07. The van der Waals surface area contributed by atoms with Gasteiger partial charge in [0.15, 0.2) is 0 Å². The van der Waals surface area contributed by atoms with E-state index < -0.39 is 5.25 Å². The van der Waals surface area contributed by atoms with Gasteiger partial charge in [-0.2, -0.15) is 0 Å². The molecule has 0 saturated carbocycles. The number of carbonyl (C=O) groups excluding carboxylic acids is 3. The van der Waals surface area contributed by atoms with Gasteiger partial charge in [-0.1, -0.05) is 35.9 Å². The maximum Gasteiger partial charge on any atom is 0.247 e. The summed E-state index contributed by atoms with van der Waals surface area (Å²) < 4.78 is 0. The standard InChI is InChI=1S/C19H18N2O3S/c1-13-7-9-14(10-8-13)20-17(22)12-25-16-11-18(23)21(19(16)24)15-5-3-2-4-6-15/h2-10,16H,11-12H2,1H3,(H,20,22)/t16-/m0/s1. The summed E-state index contributed by atoms with van der Waals surface area (Å²) in [5.41, 5.74) is 2.41. The molecule has 0 aliphatic carbocycles. The van der Waals surface area contributed by atoms with E-state index >= 15 is 0 Å². The Morgan fingerprint density at radius 3 is 2.48 bits per heavy atom. The second-order valence-electron chi connectivity index (χ2n) is 5.82. The van der Waals surface area contributed by atoms with Crippen molar-refractivity contribution >= 4 is 40.9 Å². The van der Waals surface area contributed by atoms with E-state index in [1.54, 1.807) is 24.3 Å². The lowest BCUT2D eigenvalue weighted by atomic mass is 10.2. The molecular weight excluding hydrogens is 336 g/mol. The van der Waals surface area contributed by atoms with Crippen LogP contribution < -0.4 is 10.2 Å². The van der Waals surface area contributed by atoms with Gasteiger partial charge < -0.3 is 5.32 Å². The summed E-state index contributed by atoms with van der Waals surface area (Å²) in [6.07, 6.45) is 0.121. The molecule has 128 valence electrons. The second kappa shape index (κ2) is 7.53. The minimum absolute atomic E-state index is 0.121. The van der Waals surface area contributed by atoms with Gasteiger partial charge in [0.2, 0.25) is 17.7 Å². The lowest BCUT2D eigenvalue weighted by Gasteiger charge is -2.14. The third-order valence-electron chi connectivity index (χ3n) is 3.87. The summed E-state index contributed by atoms with van der Waals surface area (Å²) >= 11 is 1.20. The highest BCUT2D eigenvalue weighted by atomic mass is 32.2. The third kappa shape index (κ3) is 4.09. The number of nitrogens with one attached hydrogen (secondary N) is 1. The van der Waals surface area contributed by atoms with Crippen LogP contribution in [0.25, 0.3) is 0 Å². The van der Waals surface area contributed by atoms with E-state index in [1.807, 2.05) is 37.3 Å². The number of carbonyl (C=O) groups is 3. The lowest BCUT2D eigenvalue weighted by molar-refractivity contribution is -0.121. The fourth-order valence-electron chi connectivity index (χ4n) is 2.59. The van der Waals surface area contributed by atoms with Crippen LogP contribution in [0.15, 0.2) is 54.6 Å². The number of rotatable bonds is 5. The summed E-state index contributed by atoms with van der Waals surface area (Å²) in [4.78, 5) is 37.9. The molecule has 1 heterocycles. The van der Waals surface area contributed by atoms with Crippen LogP contribution >= 0.6 is 11.8 Å². The van der Waals surface area contributed by atoms with Gasteiger partial charge >= 0.3 is 0 Å². The number of para-hydroxylation sites is 1. The molecule has 3 amide bonds. The lowest BCUT2D eigenvalue weighted by Crippen LogP contribution is -2.31. The summed E-state index contributed by atoms with van der Waals surface area (Å²) in [6, 6.07) is 16.4. The van der Waals surface area contributed by atoms with Crippen LogP contribution in [0.4, 0.5) is 11.4 Å². The number of thioether (sulfide) groups is 1. The number of amides is 3. The fraction of sp³-hybridized carbons (Fsp3) is 0.211. The minimum atomic E-state index is -0.517. The van der Waals surface area contributed by atoms with Gasteiger partial charge in [-0.25, -0.2) is 4.90 Å². The van der Waals surface area contributed by atoms with E-state index in [1.165, 1.54) is 16.7 Å². The number of nitrogens with zero attached hydrogens (tertiary/aromatic N) is 1. The van der Waals surface area contributed by atoms with Gasteiger partial charge in [-0.15, -0.1) is 11.8 Å². The molecule has 1 N–H and O–H groups in total. The first-order valence-corrected chi connectivity index (χ1v) is 8.99. The molecule has 1 aliphatic heterocycles. The number of hydrogen-bond acceptors (Lipinski definition) is 4. The molecule has 3 rings (SSSR count). The Bertz CT molecular complexity index is 790. The predicted molar refractivity (Wildman–Crippen MR) is 99.6 cm³/mol. The molecule has 0 bridgehead atoms. The molecule has 0 radical (unpaired) electrons. The summed E-state index contributed by atoms with van der Waals surface area (Å²) in [5.74, 6) is -0.551. The number of imide groups is 1. The molecule has 0 unspecified atom stereocenters. The van der Waals surface area contributed by atoms with Crippen molar-refractivity contribution in [2.24, 2.45) is 0 Å². The molecule has 0 aromatic heterocycles. The van der Waals surface area contributed by atoms with Gasteiger partial charge in [-0.05, 0) is 31.2 Å². The zero-order valence-electron chi connectivity index (χ0n) is 13.8. The van der Waals surface area contributed by atoms with E-state index in [9.17, 15) is 14.4 Å². The number of benzene rings is 2. The Hall–Kier alpha value is -2.60. The number of hydrogen-bond donors (Lipinski definition) is 1. The van der Waals surface area contributed by atoms with Crippen LogP contribution in [0.2, 0.25) is 0 Å². The van der Waals surface area contributed by atoms with Gasteiger partial charge in [-0.3, -0.25) is 14.4 Å². The highest BCUT2D eigenvalue weighted by molar-refractivity contribution is 8.01. The molecule has 25 heavy (non-hydrogen) atoms. The molecule has 1 aliphatic rings. The molecule has 1 fully saturated rings. The van der Waals surface area contributed by atoms with Gasteiger partial charge in [0, 0.05) is 12.1 Å². The SMILES string of the molecule is Cc1ccc(NC(=O)CS[C@H]2CC(=O)N(c3ccccc3)C2=O)cc1. The first-order valence-electron chi connectivity index (χ1n) is 7.94. The van der Waals surface area contributed by atoms with Crippen molar-refractivity contribution in [1.29, 1.82) is 0 Å². The van der Waals surface area contributed by atoms with Gasteiger partial charge in [0.25, 0.3) is 0 Å². The van der Waals surface area contributed by atoms with E-state index in [-0.39, 0.29) is 29.9 Å². The molecule has 2 aromatic carbocycles. The monoisotopic (exact) mass is 354 g/mol. The topological polar surface area (TPSA) is 66.5 Å². The maximum atomic E-state index is 12.5. The molecule has 0 spiro atoms. The quantitative estimate of drug-likeness (QED) is 0.838. The van der Waals surface area contributed by atoms with Gasteiger partial charge in [0.05, 0.1) is 16.7 Å². The maximum absolute atomic E-state index is 12.5. The van der Waals surface area contributed by atoms with Crippen LogP contribution in [-0.2, 0) is 14.4 Å². The summed E-state index contributed by atoms with van der Waals surface area (Å²) in [7, 11) is 0. The average molecular weight is 354 g/mol. The minimum Gasteiger partial charge on any atom is -0.325 e. The zero-order chi connectivity index (χ0) is 17.8. The molecule has 1 atom stereocenters. The molecule has 1 saturated heterocycles. The van der Waals surface area contributed by atoms with Crippen molar-refractivity contribution in [2.45, 2.75) is 18.6 Å². The van der Waals surface area contributed by atoms with Crippen molar-refractivity contribution in [3.8, 4) is 0 Å². The summed E-state index contributed by atoms with van der Waals surface area (Å²) in [5, 5.41) is 2.28. The van der Waals surface area contributed by atoms with E-state index in [4.69, 9.17) is 0 Å². The molecular formula is C19H18N2O3S. The van der Waals surface area contributed by atoms with Gasteiger partial charge in [0.1, 0.15) is 0 Å². The van der Waals surface area contributed by atoms with Crippen LogP contribution in [0, 0.1) is 6.92 Å². The van der Waals surface area contributed by atoms with E-state index in [2.05, 4.69) is 5.32 Å². The first-order chi connectivity index (χ1) is 12.0. The van der Waals surface area contributed by atoms with Crippen LogP contribution in [0.3, 0.4) is 0 Å². The fourth-order valence-corrected chi connectivity index (χ4v) is 3.53. The van der Waals surface area contributed by atoms with Crippen LogP contribution in [0.1, 0.15) is 12.0 Å². The van der Waals surface area contributed by atoms with Crippen LogP contribution in [-0.4, -0.2) is 28.7 Å². The number of anilines is 2. The summed E-state index contributed by atoms with van der Waals surface area (Å²) in [6.45, 7) is 1.97. The smallest absolute Gasteiger partial charge is 0.247 e. The Balaban J connectivity index is 1.57. The largest absolute Gasteiger partial charge is 0.325 e. The Morgan fingerprint density at radius 1 is 1.12 bits per heavy atom. The van der Waals surface area contributed by atoms with Crippen molar-refractivity contribution in [1.82, 2.24) is 0 Å². The Kier molecular flexibility index (Phi) is 5.19. The highest BCUT2D eigenvalue weighted by Crippen LogP contribution is 2.29. The zero-order valence-corrected chi connectivity index (χ0v) is 14.6. The second-order valence-corrected chi connectivity index (χ2v) is 7.01. The van der Waals surface area contributed by atoms with Crippen molar-refractivity contribution in [2.75, 3.05) is 16.0 Å². The van der Waals surface area contributed by atoms with Crippen molar-refractivity contribution in [3.05, 3.63) is 60.2 Å². The average Bonchev–Trinajstić information content (AvgIpc) is 2.89.